The molecule has 2 aliphatic heterocycles. The van der Waals surface area contributed by atoms with Gasteiger partial charge in [0.15, 0.2) is 16.7 Å². The van der Waals surface area contributed by atoms with Gasteiger partial charge < -0.3 is 24.3 Å². The number of aromatic nitrogens is 4. The van der Waals surface area contributed by atoms with Gasteiger partial charge in [-0.3, -0.25) is 4.57 Å². The molecule has 118 valence electrons. The van der Waals surface area contributed by atoms with Crippen LogP contribution in [0.2, 0.25) is 0 Å². The standard InChI is InChI=1S/C13H16N4O4S/c1-13(2)20-8-6(3-18)19-12(9(8)21-13)17-5-16-7-10(17)14-4-15-11(7)22/h4-6,8-9,12,18H,3H2,1-2H3,(H,14,15,22)/t6-,8?,9?,12+/m1/s1. The summed E-state index contributed by atoms with van der Waals surface area (Å²) in [6.07, 6.45) is 1.59. The maximum atomic E-state index is 9.54. The third kappa shape index (κ3) is 2.01. The van der Waals surface area contributed by atoms with Crippen molar-refractivity contribution in [2.45, 2.75) is 44.2 Å². The average molecular weight is 324 g/mol. The van der Waals surface area contributed by atoms with E-state index in [1.54, 1.807) is 6.33 Å². The summed E-state index contributed by atoms with van der Waals surface area (Å²) >= 11 is 5.17. The zero-order valence-electron chi connectivity index (χ0n) is 12.1. The topological polar surface area (TPSA) is 94.4 Å². The summed E-state index contributed by atoms with van der Waals surface area (Å²) < 4.78 is 20.0. The predicted molar refractivity (Wildman–Crippen MR) is 77.5 cm³/mol. The molecule has 2 N–H and O–H groups in total. The largest absolute Gasteiger partial charge is 0.394 e. The third-order valence-corrected chi connectivity index (χ3v) is 4.26. The fraction of sp³-hybridized carbons (Fsp3) is 0.615. The minimum Gasteiger partial charge on any atom is -0.394 e. The van der Waals surface area contributed by atoms with Crippen molar-refractivity contribution >= 4 is 23.4 Å². The first kappa shape index (κ1) is 14.2. The monoisotopic (exact) mass is 324 g/mol. The summed E-state index contributed by atoms with van der Waals surface area (Å²) in [5.41, 5.74) is 1.30. The van der Waals surface area contributed by atoms with Crippen molar-refractivity contribution in [1.29, 1.82) is 0 Å². The van der Waals surface area contributed by atoms with Gasteiger partial charge in [0.05, 0.1) is 19.3 Å². The van der Waals surface area contributed by atoms with Crippen LogP contribution in [0, 0.1) is 4.64 Å². The number of imidazole rings is 1. The zero-order chi connectivity index (χ0) is 15.5. The van der Waals surface area contributed by atoms with E-state index in [4.69, 9.17) is 26.4 Å². The lowest BCUT2D eigenvalue weighted by molar-refractivity contribution is -0.199. The molecule has 0 saturated carbocycles. The number of nitrogens with one attached hydrogen (secondary N) is 1. The molecule has 0 bridgehead atoms. The smallest absolute Gasteiger partial charge is 0.166 e. The van der Waals surface area contributed by atoms with E-state index in [2.05, 4.69) is 15.0 Å². The number of nitrogens with zero attached hydrogens (tertiary/aromatic N) is 3. The van der Waals surface area contributed by atoms with Gasteiger partial charge in [-0.15, -0.1) is 0 Å². The molecule has 0 radical (unpaired) electrons. The summed E-state index contributed by atoms with van der Waals surface area (Å²) in [5, 5.41) is 9.54. The number of rotatable bonds is 2. The zero-order valence-corrected chi connectivity index (χ0v) is 12.9. The molecule has 9 heteroatoms. The molecule has 0 amide bonds. The van der Waals surface area contributed by atoms with Crippen molar-refractivity contribution in [2.75, 3.05) is 6.61 Å². The van der Waals surface area contributed by atoms with E-state index in [-0.39, 0.29) is 18.8 Å². The second-order valence-corrected chi connectivity index (χ2v) is 6.26. The molecule has 2 unspecified atom stereocenters. The van der Waals surface area contributed by atoms with Crippen molar-refractivity contribution < 1.29 is 19.3 Å². The Morgan fingerprint density at radius 2 is 2.14 bits per heavy atom. The minimum absolute atomic E-state index is 0.138. The van der Waals surface area contributed by atoms with Gasteiger partial charge in [0.1, 0.15) is 29.5 Å². The molecule has 8 nitrogen and oxygen atoms in total. The van der Waals surface area contributed by atoms with E-state index in [1.807, 2.05) is 18.4 Å². The lowest BCUT2D eigenvalue weighted by Gasteiger charge is -2.24. The van der Waals surface area contributed by atoms with E-state index in [0.29, 0.717) is 15.8 Å². The number of aliphatic hydroxyl groups excluding tert-OH is 1. The van der Waals surface area contributed by atoms with Crippen LogP contribution in [-0.4, -0.2) is 55.3 Å². The van der Waals surface area contributed by atoms with Crippen LogP contribution < -0.4 is 0 Å². The van der Waals surface area contributed by atoms with Crippen LogP contribution in [-0.2, 0) is 14.2 Å². The fourth-order valence-electron chi connectivity index (χ4n) is 3.10. The number of hydrogen-bond donors (Lipinski definition) is 2. The van der Waals surface area contributed by atoms with E-state index in [1.165, 1.54) is 6.33 Å². The van der Waals surface area contributed by atoms with Crippen molar-refractivity contribution in [3.8, 4) is 0 Å². The Morgan fingerprint density at radius 3 is 2.91 bits per heavy atom. The molecule has 0 aliphatic carbocycles. The normalized spacial score (nSPS) is 33.4. The number of ether oxygens (including phenoxy) is 3. The van der Waals surface area contributed by atoms with Gasteiger partial charge in [-0.2, -0.15) is 0 Å². The maximum absolute atomic E-state index is 9.54. The van der Waals surface area contributed by atoms with Crippen LogP contribution in [0.25, 0.3) is 11.2 Å². The highest BCUT2D eigenvalue weighted by Crippen LogP contribution is 2.43. The van der Waals surface area contributed by atoms with Crippen LogP contribution in [0.5, 0.6) is 0 Å². The fourth-order valence-corrected chi connectivity index (χ4v) is 3.30. The van der Waals surface area contributed by atoms with Gasteiger partial charge in [-0.25, -0.2) is 9.97 Å². The molecule has 2 aromatic heterocycles. The Labute approximate surface area is 131 Å². The van der Waals surface area contributed by atoms with Gasteiger partial charge in [0.25, 0.3) is 0 Å². The Morgan fingerprint density at radius 1 is 1.36 bits per heavy atom. The molecule has 2 fully saturated rings. The Bertz CT molecular complexity index is 773. The van der Waals surface area contributed by atoms with Crippen molar-refractivity contribution in [3.63, 3.8) is 0 Å². The van der Waals surface area contributed by atoms with Crippen LogP contribution >= 0.6 is 12.2 Å². The second-order valence-electron chi connectivity index (χ2n) is 5.87. The number of fused-ring (bicyclic) bond motifs is 2. The molecule has 2 saturated heterocycles. The maximum Gasteiger partial charge on any atom is 0.166 e. The molecular formula is C13H16N4O4S. The summed E-state index contributed by atoms with van der Waals surface area (Å²) in [4.78, 5) is 11.3. The van der Waals surface area contributed by atoms with Crippen LogP contribution in [0.1, 0.15) is 20.1 Å². The number of aliphatic hydroxyl groups is 1. The molecule has 4 atom stereocenters. The van der Waals surface area contributed by atoms with E-state index < -0.39 is 18.1 Å². The molecule has 4 rings (SSSR count). The van der Waals surface area contributed by atoms with Gasteiger partial charge in [0.2, 0.25) is 0 Å². The second kappa shape index (κ2) is 4.80. The lowest BCUT2D eigenvalue weighted by Crippen LogP contribution is -2.31. The Kier molecular flexibility index (Phi) is 3.10. The average Bonchev–Trinajstić information content (AvgIpc) is 3.10. The first-order valence-corrected chi connectivity index (χ1v) is 7.43. The van der Waals surface area contributed by atoms with Crippen LogP contribution in [0.3, 0.4) is 0 Å². The first-order valence-electron chi connectivity index (χ1n) is 7.02. The molecular weight excluding hydrogens is 308 g/mol. The Hall–Kier alpha value is -1.39. The quantitative estimate of drug-likeness (QED) is 0.793. The summed E-state index contributed by atoms with van der Waals surface area (Å²) in [6, 6.07) is 0. The highest BCUT2D eigenvalue weighted by atomic mass is 32.1. The summed E-state index contributed by atoms with van der Waals surface area (Å²) in [7, 11) is 0. The summed E-state index contributed by atoms with van der Waals surface area (Å²) in [5.74, 6) is -0.713. The van der Waals surface area contributed by atoms with Crippen molar-refractivity contribution in [1.82, 2.24) is 19.5 Å². The molecule has 22 heavy (non-hydrogen) atoms. The molecule has 0 aromatic carbocycles. The van der Waals surface area contributed by atoms with Crippen molar-refractivity contribution in [3.05, 3.63) is 17.3 Å². The van der Waals surface area contributed by atoms with E-state index in [0.717, 1.165) is 0 Å². The number of aromatic amines is 1. The molecule has 2 aliphatic rings. The SMILES string of the molecule is CC1(C)OC2C(O1)[C@@H](n1cnc3c(=S)nc[nH]c31)O[C@@H]2CO. The van der Waals surface area contributed by atoms with Gasteiger partial charge >= 0.3 is 0 Å². The van der Waals surface area contributed by atoms with Crippen LogP contribution in [0.15, 0.2) is 12.7 Å². The molecule has 0 spiro atoms. The number of hydrogen-bond acceptors (Lipinski definition) is 7. The third-order valence-electron chi connectivity index (χ3n) is 3.96. The van der Waals surface area contributed by atoms with Crippen molar-refractivity contribution in [2.24, 2.45) is 0 Å². The van der Waals surface area contributed by atoms with Gasteiger partial charge in [-0.1, -0.05) is 12.2 Å². The molecule has 4 heterocycles. The highest BCUT2D eigenvalue weighted by Gasteiger charge is 2.55. The van der Waals surface area contributed by atoms with Gasteiger partial charge in [0, 0.05) is 0 Å². The number of H-pyrrole nitrogens is 1. The molecule has 2 aromatic rings. The lowest BCUT2D eigenvalue weighted by atomic mass is 10.1. The van der Waals surface area contributed by atoms with Gasteiger partial charge in [-0.05, 0) is 13.8 Å². The minimum atomic E-state index is -0.713. The first-order chi connectivity index (χ1) is 10.5. The predicted octanol–water partition coefficient (Wildman–Crippen LogP) is 0.899. The van der Waals surface area contributed by atoms with E-state index in [9.17, 15) is 5.11 Å². The van der Waals surface area contributed by atoms with E-state index >= 15 is 0 Å². The summed E-state index contributed by atoms with van der Waals surface area (Å²) in [6.45, 7) is 3.56. The Balaban J connectivity index is 1.78. The van der Waals surface area contributed by atoms with Crippen LogP contribution in [0.4, 0.5) is 0 Å². The highest BCUT2D eigenvalue weighted by molar-refractivity contribution is 7.71.